The first-order valence-electron chi connectivity index (χ1n) is 13.7. The highest BCUT2D eigenvalue weighted by Crippen LogP contribution is 2.41. The van der Waals surface area contributed by atoms with Crippen LogP contribution in [0.3, 0.4) is 0 Å². The molecular weight excluding hydrogens is 595 g/mol. The Morgan fingerprint density at radius 3 is 2.14 bits per heavy atom. The molecule has 4 rings (SSSR count). The molecule has 44 heavy (non-hydrogen) atoms. The number of likely N-dealkylation sites (N-methyl/N-ethyl adjacent to an activating group) is 1. The molecule has 1 unspecified atom stereocenters. The number of hydrogen-bond acceptors (Lipinski definition) is 5. The van der Waals surface area contributed by atoms with Gasteiger partial charge in [-0.05, 0) is 86.2 Å². The molecule has 238 valence electrons. The van der Waals surface area contributed by atoms with Crippen LogP contribution < -0.4 is 9.80 Å². The summed E-state index contributed by atoms with van der Waals surface area (Å²) < 4.78 is 95.9. The van der Waals surface area contributed by atoms with Crippen LogP contribution in [0.4, 0.5) is 42.2 Å². The lowest BCUT2D eigenvalue weighted by Gasteiger charge is -2.32. The monoisotopic (exact) mass is 627 g/mol. The van der Waals surface area contributed by atoms with Gasteiger partial charge in [0.15, 0.2) is 6.29 Å². The molecule has 2 heterocycles. The van der Waals surface area contributed by atoms with Crippen LogP contribution in [0.25, 0.3) is 11.1 Å². The molecule has 1 fully saturated rings. The number of aryl methyl sites for hydroxylation is 1. The Morgan fingerprint density at radius 1 is 0.977 bits per heavy atom. The maximum atomic E-state index is 14.4. The molecule has 0 radical (unpaired) electrons. The Hall–Kier alpha value is -3.71. The van der Waals surface area contributed by atoms with Gasteiger partial charge in [-0.2, -0.15) is 26.3 Å². The van der Waals surface area contributed by atoms with Crippen molar-refractivity contribution in [3.63, 3.8) is 0 Å². The fraction of sp³-hybridized carbons (Fsp3) is 0.419. The van der Waals surface area contributed by atoms with E-state index in [1.54, 1.807) is 13.0 Å². The van der Waals surface area contributed by atoms with Crippen LogP contribution in [-0.4, -0.2) is 47.5 Å². The van der Waals surface area contributed by atoms with Gasteiger partial charge in [0.05, 0.1) is 28.4 Å². The van der Waals surface area contributed by atoms with Crippen LogP contribution in [0.2, 0.25) is 0 Å². The second-order valence-electron chi connectivity index (χ2n) is 11.6. The van der Waals surface area contributed by atoms with Crippen LogP contribution >= 0.6 is 0 Å². The molecular formula is C31H32F7N3O3. The quantitative estimate of drug-likeness (QED) is 0.225. The number of rotatable bonds is 7. The smallest absolute Gasteiger partial charge is 0.368 e. The van der Waals surface area contributed by atoms with Crippen LogP contribution in [0, 0.1) is 18.7 Å². The third-order valence-electron chi connectivity index (χ3n) is 8.02. The topological polar surface area (TPSA) is 76.9 Å². The van der Waals surface area contributed by atoms with E-state index in [1.165, 1.54) is 45.3 Å². The van der Waals surface area contributed by atoms with Crippen LogP contribution in [0.5, 0.6) is 0 Å². The molecule has 6 nitrogen and oxygen atoms in total. The van der Waals surface area contributed by atoms with Gasteiger partial charge >= 0.3 is 12.4 Å². The average molecular weight is 628 g/mol. The van der Waals surface area contributed by atoms with Crippen molar-refractivity contribution < 1.29 is 45.7 Å². The largest absolute Gasteiger partial charge is 0.416 e. The van der Waals surface area contributed by atoms with Gasteiger partial charge in [-0.15, -0.1) is 0 Å². The third-order valence-corrected chi connectivity index (χ3v) is 8.02. The summed E-state index contributed by atoms with van der Waals surface area (Å²) in [5, 5.41) is 18.7. The highest BCUT2D eigenvalue weighted by Gasteiger charge is 2.41. The fourth-order valence-electron chi connectivity index (χ4n) is 5.48. The van der Waals surface area contributed by atoms with Crippen molar-refractivity contribution in [1.82, 2.24) is 4.98 Å². The van der Waals surface area contributed by atoms with Gasteiger partial charge in [0.2, 0.25) is 5.91 Å². The zero-order chi connectivity index (χ0) is 32.8. The molecule has 13 heteroatoms. The van der Waals surface area contributed by atoms with E-state index in [9.17, 15) is 45.7 Å². The Labute approximate surface area is 249 Å². The molecule has 2 aromatic carbocycles. The number of aliphatic hydroxyl groups excluding tert-OH is 1. The Balaban J connectivity index is 1.79. The minimum atomic E-state index is -5.09. The lowest BCUT2D eigenvalue weighted by Crippen LogP contribution is -2.42. The van der Waals surface area contributed by atoms with Crippen molar-refractivity contribution in [2.24, 2.45) is 5.92 Å². The Morgan fingerprint density at radius 2 is 1.57 bits per heavy atom. The van der Waals surface area contributed by atoms with Crippen molar-refractivity contribution in [2.75, 3.05) is 29.9 Å². The van der Waals surface area contributed by atoms with Gasteiger partial charge in [-0.3, -0.25) is 4.79 Å². The van der Waals surface area contributed by atoms with Gasteiger partial charge in [-0.1, -0.05) is 6.07 Å². The number of halogens is 7. The minimum absolute atomic E-state index is 0.00538. The van der Waals surface area contributed by atoms with E-state index in [2.05, 4.69) is 4.98 Å². The van der Waals surface area contributed by atoms with Gasteiger partial charge in [0.25, 0.3) is 0 Å². The highest BCUT2D eigenvalue weighted by atomic mass is 19.4. The van der Waals surface area contributed by atoms with Gasteiger partial charge in [0.1, 0.15) is 11.6 Å². The number of aliphatic hydroxyl groups is 2. The summed E-state index contributed by atoms with van der Waals surface area (Å²) in [7, 11) is 1.33. The molecule has 1 aliphatic heterocycles. The number of pyridine rings is 1. The van der Waals surface area contributed by atoms with Gasteiger partial charge in [0, 0.05) is 32.1 Å². The summed E-state index contributed by atoms with van der Waals surface area (Å²) in [6.45, 7) is 5.20. The van der Waals surface area contributed by atoms with E-state index in [-0.39, 0.29) is 24.1 Å². The first-order valence-corrected chi connectivity index (χ1v) is 13.7. The zero-order valence-electron chi connectivity index (χ0n) is 24.4. The number of hydrogen-bond donors (Lipinski definition) is 2. The van der Waals surface area contributed by atoms with Crippen molar-refractivity contribution >= 4 is 17.4 Å². The lowest BCUT2D eigenvalue weighted by molar-refractivity contribution is -0.143. The summed E-state index contributed by atoms with van der Waals surface area (Å²) in [6, 6.07) is 6.77. The Kier molecular flexibility index (Phi) is 9.05. The average Bonchev–Trinajstić information content (AvgIpc) is 3.39. The Bertz CT molecular complexity index is 1500. The van der Waals surface area contributed by atoms with Gasteiger partial charge < -0.3 is 20.0 Å². The normalized spacial score (nSPS) is 16.1. The van der Waals surface area contributed by atoms with Crippen molar-refractivity contribution in [3.8, 4) is 11.1 Å². The predicted octanol–water partition coefficient (Wildman–Crippen LogP) is 6.70. The fourth-order valence-corrected chi connectivity index (χ4v) is 5.48. The molecule has 1 aliphatic rings. The molecule has 3 aromatic rings. The van der Waals surface area contributed by atoms with Gasteiger partial charge in [-0.25, -0.2) is 9.37 Å². The zero-order valence-corrected chi connectivity index (χ0v) is 24.4. The molecule has 1 saturated heterocycles. The number of nitrogens with zero attached hydrogens (tertiary/aromatic N) is 3. The van der Waals surface area contributed by atoms with Crippen LogP contribution in [0.1, 0.15) is 48.9 Å². The molecule has 1 amide bonds. The molecule has 0 aliphatic carbocycles. The van der Waals surface area contributed by atoms with E-state index in [0.29, 0.717) is 54.2 Å². The molecule has 1 atom stereocenters. The number of alkyl halides is 6. The van der Waals surface area contributed by atoms with Crippen LogP contribution in [0.15, 0.2) is 48.7 Å². The lowest BCUT2D eigenvalue weighted by atomic mass is 9.81. The molecule has 0 spiro atoms. The number of benzene rings is 2. The summed E-state index contributed by atoms with van der Waals surface area (Å²) in [4.78, 5) is 21.4. The number of amides is 1. The van der Waals surface area contributed by atoms with E-state index in [4.69, 9.17) is 0 Å². The number of carbonyl (C=O) groups is 1. The number of carbonyl (C=O) groups excluding carboxylic acids is 1. The number of aromatic nitrogens is 1. The summed E-state index contributed by atoms with van der Waals surface area (Å²) in [6.07, 6.45) is -9.46. The SMILES string of the molecule is Cc1ccc(F)cc1-c1cc(N2CCC(CC(O)O)C2)ncc1N(C)C(=O)C(C)(C)c1cc(C(F)(F)F)cc(C(F)(F)F)c1. The van der Waals surface area contributed by atoms with E-state index in [1.807, 2.05) is 4.90 Å². The van der Waals surface area contributed by atoms with E-state index >= 15 is 0 Å². The van der Waals surface area contributed by atoms with Crippen molar-refractivity contribution in [2.45, 2.75) is 57.7 Å². The molecule has 2 N–H and O–H groups in total. The molecule has 0 saturated carbocycles. The maximum Gasteiger partial charge on any atom is 0.416 e. The summed E-state index contributed by atoms with van der Waals surface area (Å²) in [5.74, 6) is -0.941. The first kappa shape index (κ1) is 33.2. The molecule has 0 bridgehead atoms. The predicted molar refractivity (Wildman–Crippen MR) is 150 cm³/mol. The van der Waals surface area contributed by atoms with E-state index < -0.39 is 52.5 Å². The highest BCUT2D eigenvalue weighted by molar-refractivity contribution is 6.03. The standard InChI is InChI=1S/C31H32F7N3O3/c1-17-5-6-22(32)13-23(17)24-14-26(41-8-7-18(16-41)9-27(42)43)39-15-25(24)40(4)28(44)29(2,3)19-10-20(30(33,34)35)12-21(11-19)31(36,37)38/h5-6,10-15,18,27,42-43H,7-9,16H2,1-4H3. The second-order valence-corrected chi connectivity index (χ2v) is 11.6. The van der Waals surface area contributed by atoms with Crippen molar-refractivity contribution in [1.29, 1.82) is 0 Å². The number of anilines is 2. The second kappa shape index (κ2) is 12.0. The maximum absolute atomic E-state index is 14.4. The third kappa shape index (κ3) is 6.99. The first-order chi connectivity index (χ1) is 20.3. The van der Waals surface area contributed by atoms with E-state index in [0.717, 1.165) is 4.90 Å². The summed E-state index contributed by atoms with van der Waals surface area (Å²) in [5.41, 5.74) is -3.86. The summed E-state index contributed by atoms with van der Waals surface area (Å²) >= 11 is 0. The van der Waals surface area contributed by atoms with Crippen molar-refractivity contribution in [3.05, 3.63) is 76.7 Å². The molecule has 1 aromatic heterocycles. The minimum Gasteiger partial charge on any atom is -0.368 e. The van der Waals surface area contributed by atoms with Crippen LogP contribution in [-0.2, 0) is 22.6 Å².